The van der Waals surface area contributed by atoms with E-state index in [0.717, 1.165) is 28.5 Å². The van der Waals surface area contributed by atoms with Crippen molar-refractivity contribution in [2.75, 3.05) is 7.11 Å². The van der Waals surface area contributed by atoms with Crippen molar-refractivity contribution in [2.45, 2.75) is 20.1 Å². The molecule has 0 unspecified atom stereocenters. The highest BCUT2D eigenvalue weighted by Crippen LogP contribution is 2.39. The van der Waals surface area contributed by atoms with Crippen molar-refractivity contribution >= 4 is 40.6 Å². The Morgan fingerprint density at radius 3 is 2.66 bits per heavy atom. The Kier molecular flexibility index (Phi) is 7.45. The van der Waals surface area contributed by atoms with E-state index < -0.39 is 0 Å². The van der Waals surface area contributed by atoms with Crippen molar-refractivity contribution in [1.29, 1.82) is 5.26 Å². The van der Waals surface area contributed by atoms with Crippen LogP contribution in [0.25, 0.3) is 6.08 Å². The Morgan fingerprint density at radius 2 is 1.91 bits per heavy atom. The Morgan fingerprint density at radius 1 is 1.11 bits per heavy atom. The van der Waals surface area contributed by atoms with Crippen LogP contribution in [0.3, 0.4) is 0 Å². The lowest BCUT2D eigenvalue weighted by Crippen LogP contribution is -2.27. The minimum atomic E-state index is -0.356. The van der Waals surface area contributed by atoms with Crippen LogP contribution in [0.1, 0.15) is 27.8 Å². The van der Waals surface area contributed by atoms with Gasteiger partial charge in [0.2, 0.25) is 0 Å². The molecule has 1 heterocycles. The molecule has 0 bridgehead atoms. The van der Waals surface area contributed by atoms with Crippen molar-refractivity contribution in [3.63, 3.8) is 0 Å². The molecule has 2 amide bonds. The van der Waals surface area contributed by atoms with Gasteiger partial charge in [0.1, 0.15) is 6.61 Å². The van der Waals surface area contributed by atoms with E-state index in [9.17, 15) is 14.9 Å². The van der Waals surface area contributed by atoms with Gasteiger partial charge in [-0.15, -0.1) is 0 Å². The summed E-state index contributed by atoms with van der Waals surface area (Å²) in [5.41, 5.74) is 3.78. The van der Waals surface area contributed by atoms with E-state index in [1.54, 1.807) is 36.4 Å². The van der Waals surface area contributed by atoms with Gasteiger partial charge in [-0.25, -0.2) is 0 Å². The summed E-state index contributed by atoms with van der Waals surface area (Å²) in [5, 5.41) is 9.24. The largest absolute Gasteiger partial charge is 0.493 e. The van der Waals surface area contributed by atoms with Crippen LogP contribution in [0.15, 0.2) is 65.6 Å². The van der Waals surface area contributed by atoms with E-state index in [0.29, 0.717) is 27.5 Å². The summed E-state index contributed by atoms with van der Waals surface area (Å²) in [7, 11) is 1.49. The van der Waals surface area contributed by atoms with Crippen LogP contribution < -0.4 is 9.47 Å². The molecule has 0 atom stereocenters. The van der Waals surface area contributed by atoms with Crippen LogP contribution >= 0.6 is 23.4 Å². The molecular weight excluding hydrogens is 484 g/mol. The molecule has 0 aromatic heterocycles. The van der Waals surface area contributed by atoms with Gasteiger partial charge in [0.25, 0.3) is 11.1 Å². The summed E-state index contributed by atoms with van der Waals surface area (Å²) in [6.45, 7) is 2.31. The maximum Gasteiger partial charge on any atom is 0.293 e. The SMILES string of the molecule is COc1cc(/C=C2\SC(=O)N(Cc3cccc(C)c3)C2=O)cc(Cl)c1OCc1ccccc1C#N. The number of imide groups is 1. The number of rotatable bonds is 7. The summed E-state index contributed by atoms with van der Waals surface area (Å²) in [4.78, 5) is 27.0. The fourth-order valence-corrected chi connectivity index (χ4v) is 4.76. The number of methoxy groups -OCH3 is 1. The molecular formula is C27H21ClN2O4S. The minimum absolute atomic E-state index is 0.136. The van der Waals surface area contributed by atoms with Gasteiger partial charge in [0, 0.05) is 5.56 Å². The topological polar surface area (TPSA) is 79.6 Å². The zero-order valence-electron chi connectivity index (χ0n) is 19.1. The summed E-state index contributed by atoms with van der Waals surface area (Å²) >= 11 is 7.37. The Labute approximate surface area is 212 Å². The highest BCUT2D eigenvalue weighted by atomic mass is 35.5. The van der Waals surface area contributed by atoms with E-state index in [1.807, 2.05) is 37.3 Å². The zero-order valence-corrected chi connectivity index (χ0v) is 20.7. The molecule has 1 fully saturated rings. The van der Waals surface area contributed by atoms with Gasteiger partial charge < -0.3 is 9.47 Å². The van der Waals surface area contributed by atoms with Crippen molar-refractivity contribution in [2.24, 2.45) is 0 Å². The van der Waals surface area contributed by atoms with E-state index in [4.69, 9.17) is 21.1 Å². The van der Waals surface area contributed by atoms with Gasteiger partial charge in [0.15, 0.2) is 11.5 Å². The average Bonchev–Trinajstić information content (AvgIpc) is 3.10. The molecule has 35 heavy (non-hydrogen) atoms. The molecule has 0 N–H and O–H groups in total. The maximum atomic E-state index is 12.9. The number of nitriles is 1. The Balaban J connectivity index is 1.55. The second kappa shape index (κ2) is 10.7. The average molecular weight is 505 g/mol. The van der Waals surface area contributed by atoms with Gasteiger partial charge in [-0.05, 0) is 54.1 Å². The standard InChI is InChI=1S/C27H21ClN2O4S/c1-17-6-5-7-18(10-17)15-30-26(31)24(35-27(30)32)13-19-11-22(28)25(23(12-19)33-2)34-16-21-9-4-3-8-20(21)14-29/h3-13H,15-16H2,1-2H3/b24-13-. The first-order valence-electron chi connectivity index (χ1n) is 10.7. The third-order valence-electron chi connectivity index (χ3n) is 5.36. The second-order valence-corrected chi connectivity index (χ2v) is 9.25. The highest BCUT2D eigenvalue weighted by Gasteiger charge is 2.35. The molecule has 0 saturated carbocycles. The molecule has 1 saturated heterocycles. The Hall–Kier alpha value is -3.73. The third kappa shape index (κ3) is 5.51. The molecule has 0 radical (unpaired) electrons. The third-order valence-corrected chi connectivity index (χ3v) is 6.54. The fourth-order valence-electron chi connectivity index (χ4n) is 3.65. The fraction of sp³-hybridized carbons (Fsp3) is 0.148. The lowest BCUT2D eigenvalue weighted by molar-refractivity contribution is -0.123. The number of amides is 2. The molecule has 176 valence electrons. The van der Waals surface area contributed by atoms with Crippen LogP contribution in [-0.4, -0.2) is 23.2 Å². The number of hydrogen-bond donors (Lipinski definition) is 0. The smallest absolute Gasteiger partial charge is 0.293 e. The first-order chi connectivity index (χ1) is 16.9. The molecule has 6 nitrogen and oxygen atoms in total. The molecule has 8 heteroatoms. The van der Waals surface area contributed by atoms with Crippen LogP contribution in [0.2, 0.25) is 5.02 Å². The van der Waals surface area contributed by atoms with Crippen LogP contribution in [0.5, 0.6) is 11.5 Å². The van der Waals surface area contributed by atoms with Gasteiger partial charge in [-0.2, -0.15) is 5.26 Å². The normalized spacial score (nSPS) is 14.3. The van der Waals surface area contributed by atoms with Crippen LogP contribution in [0.4, 0.5) is 4.79 Å². The number of benzene rings is 3. The van der Waals surface area contributed by atoms with Gasteiger partial charge in [-0.1, -0.05) is 59.6 Å². The monoisotopic (exact) mass is 504 g/mol. The summed E-state index contributed by atoms with van der Waals surface area (Å²) in [5.74, 6) is 0.342. The Bertz CT molecular complexity index is 1380. The number of ether oxygens (including phenoxy) is 2. The highest BCUT2D eigenvalue weighted by molar-refractivity contribution is 8.18. The summed E-state index contributed by atoms with van der Waals surface area (Å²) in [6.07, 6.45) is 1.62. The summed E-state index contributed by atoms with van der Waals surface area (Å²) < 4.78 is 11.3. The number of aryl methyl sites for hydroxylation is 1. The van der Waals surface area contributed by atoms with Crippen molar-refractivity contribution in [1.82, 2.24) is 4.90 Å². The second-order valence-electron chi connectivity index (χ2n) is 7.85. The van der Waals surface area contributed by atoms with Crippen molar-refractivity contribution in [3.05, 3.63) is 98.4 Å². The molecule has 3 aromatic rings. The molecule has 0 aliphatic carbocycles. The van der Waals surface area contributed by atoms with E-state index in [-0.39, 0.29) is 29.3 Å². The summed E-state index contributed by atoms with van der Waals surface area (Å²) in [6, 6.07) is 20.3. The first-order valence-corrected chi connectivity index (χ1v) is 11.9. The molecule has 1 aliphatic heterocycles. The number of halogens is 1. The predicted molar refractivity (Wildman–Crippen MR) is 136 cm³/mol. The first kappa shape index (κ1) is 24.4. The molecule has 4 rings (SSSR count). The van der Waals surface area contributed by atoms with Gasteiger partial charge >= 0.3 is 0 Å². The number of nitrogens with zero attached hydrogens (tertiary/aromatic N) is 2. The van der Waals surface area contributed by atoms with Crippen LogP contribution in [-0.2, 0) is 17.9 Å². The van der Waals surface area contributed by atoms with Gasteiger partial charge in [-0.3, -0.25) is 14.5 Å². The number of carbonyl (C=O) groups excluding carboxylic acids is 2. The van der Waals surface area contributed by atoms with Crippen LogP contribution in [0, 0.1) is 18.3 Å². The lowest BCUT2D eigenvalue weighted by Gasteiger charge is -2.14. The number of carbonyl (C=O) groups is 2. The van der Waals surface area contributed by atoms with Crippen molar-refractivity contribution in [3.8, 4) is 17.6 Å². The van der Waals surface area contributed by atoms with E-state index in [2.05, 4.69) is 6.07 Å². The quantitative estimate of drug-likeness (QED) is 0.349. The zero-order chi connectivity index (χ0) is 24.9. The van der Waals surface area contributed by atoms with E-state index in [1.165, 1.54) is 12.0 Å². The van der Waals surface area contributed by atoms with E-state index >= 15 is 0 Å². The minimum Gasteiger partial charge on any atom is -0.493 e. The number of thioether (sulfide) groups is 1. The lowest BCUT2D eigenvalue weighted by atomic mass is 10.1. The molecule has 1 aliphatic rings. The van der Waals surface area contributed by atoms with Gasteiger partial charge in [0.05, 0.1) is 35.2 Å². The maximum absolute atomic E-state index is 12.9. The molecule has 0 spiro atoms. The number of hydrogen-bond acceptors (Lipinski definition) is 6. The molecule has 3 aromatic carbocycles. The van der Waals surface area contributed by atoms with Crippen molar-refractivity contribution < 1.29 is 19.1 Å². The predicted octanol–water partition coefficient (Wildman–Crippen LogP) is 6.34.